The van der Waals surface area contributed by atoms with Crippen LogP contribution in [0.15, 0.2) is 0 Å². The van der Waals surface area contributed by atoms with Gasteiger partial charge in [-0.3, -0.25) is 9.69 Å². The van der Waals surface area contributed by atoms with Crippen molar-refractivity contribution in [1.82, 2.24) is 10.2 Å². The van der Waals surface area contributed by atoms with Crippen molar-refractivity contribution in [3.8, 4) is 0 Å². The minimum atomic E-state index is -0.252. The van der Waals surface area contributed by atoms with Crippen molar-refractivity contribution < 1.29 is 9.59 Å². The van der Waals surface area contributed by atoms with Crippen molar-refractivity contribution in [2.24, 2.45) is 5.41 Å². The Morgan fingerprint density at radius 1 is 1.46 bits per heavy atom. The molecular weight excluding hydrogens is 188 g/mol. The third kappa shape index (κ3) is 1.52. The molecule has 0 aromatic rings. The SMILES string of the molecule is O=C1CNC(=O)N1CC1(CS)CC1. The van der Waals surface area contributed by atoms with Crippen LogP contribution in [0.25, 0.3) is 0 Å². The fraction of sp³-hybridized carbons (Fsp3) is 0.750. The number of nitrogens with one attached hydrogen (secondary N) is 1. The van der Waals surface area contributed by atoms with Gasteiger partial charge in [0, 0.05) is 6.54 Å². The van der Waals surface area contributed by atoms with Crippen LogP contribution in [-0.4, -0.2) is 35.7 Å². The van der Waals surface area contributed by atoms with Crippen molar-refractivity contribution in [3.63, 3.8) is 0 Å². The average Bonchev–Trinajstić information content (AvgIpc) is 2.84. The molecule has 0 aromatic heterocycles. The van der Waals surface area contributed by atoms with E-state index in [1.807, 2.05) is 0 Å². The summed E-state index contributed by atoms with van der Waals surface area (Å²) in [5, 5.41) is 2.51. The van der Waals surface area contributed by atoms with E-state index in [0.29, 0.717) is 6.54 Å². The van der Waals surface area contributed by atoms with Gasteiger partial charge in [-0.15, -0.1) is 0 Å². The molecule has 2 aliphatic rings. The number of nitrogens with zero attached hydrogens (tertiary/aromatic N) is 1. The van der Waals surface area contributed by atoms with Crippen LogP contribution < -0.4 is 5.32 Å². The Hall–Kier alpha value is -0.710. The second-order valence-corrected chi connectivity index (χ2v) is 4.11. The summed E-state index contributed by atoms with van der Waals surface area (Å²) in [4.78, 5) is 23.7. The predicted octanol–water partition coefficient (Wildman–Crippen LogP) is 0.248. The van der Waals surface area contributed by atoms with Crippen LogP contribution in [0.2, 0.25) is 0 Å². The number of imide groups is 1. The lowest BCUT2D eigenvalue weighted by Gasteiger charge is -2.18. The number of hydrogen-bond donors (Lipinski definition) is 2. The van der Waals surface area contributed by atoms with Crippen LogP contribution in [0.4, 0.5) is 4.79 Å². The first-order valence-corrected chi connectivity index (χ1v) is 4.99. The van der Waals surface area contributed by atoms with Gasteiger partial charge in [0.25, 0.3) is 0 Å². The van der Waals surface area contributed by atoms with Gasteiger partial charge in [-0.1, -0.05) is 0 Å². The number of carbonyl (C=O) groups is 2. The standard InChI is InChI=1S/C8H12N2O2S/c11-6-3-9-7(12)10(6)4-8(5-13)1-2-8/h13H,1-5H2,(H,9,12). The maximum absolute atomic E-state index is 11.2. The second kappa shape index (κ2) is 2.90. The molecule has 1 aliphatic heterocycles. The van der Waals surface area contributed by atoms with Crippen molar-refractivity contribution in [2.45, 2.75) is 12.8 Å². The monoisotopic (exact) mass is 200 g/mol. The molecule has 0 radical (unpaired) electrons. The van der Waals surface area contributed by atoms with Gasteiger partial charge in [0.15, 0.2) is 0 Å². The van der Waals surface area contributed by atoms with Crippen LogP contribution in [0.5, 0.6) is 0 Å². The summed E-state index contributed by atoms with van der Waals surface area (Å²) in [5.74, 6) is 0.641. The van der Waals surface area contributed by atoms with Crippen LogP contribution >= 0.6 is 12.6 Å². The highest BCUT2D eigenvalue weighted by Crippen LogP contribution is 2.47. The zero-order chi connectivity index (χ0) is 9.47. The molecule has 5 heteroatoms. The second-order valence-electron chi connectivity index (χ2n) is 3.80. The van der Waals surface area contributed by atoms with Gasteiger partial charge < -0.3 is 5.32 Å². The lowest BCUT2D eigenvalue weighted by Crippen LogP contribution is -2.36. The zero-order valence-electron chi connectivity index (χ0n) is 7.25. The first-order valence-electron chi connectivity index (χ1n) is 4.36. The Balaban J connectivity index is 2.01. The van der Waals surface area contributed by atoms with E-state index >= 15 is 0 Å². The molecule has 1 saturated heterocycles. The highest BCUT2D eigenvalue weighted by molar-refractivity contribution is 7.80. The van der Waals surface area contributed by atoms with E-state index in [1.165, 1.54) is 4.90 Å². The minimum Gasteiger partial charge on any atom is -0.329 e. The highest BCUT2D eigenvalue weighted by Gasteiger charge is 2.46. The van der Waals surface area contributed by atoms with E-state index in [9.17, 15) is 9.59 Å². The maximum atomic E-state index is 11.2. The molecule has 1 saturated carbocycles. The van der Waals surface area contributed by atoms with Gasteiger partial charge in [0.05, 0.1) is 6.54 Å². The molecule has 2 fully saturated rings. The molecule has 0 aromatic carbocycles. The molecule has 13 heavy (non-hydrogen) atoms. The normalized spacial score (nSPS) is 24.8. The summed E-state index contributed by atoms with van der Waals surface area (Å²) >= 11 is 4.23. The van der Waals surface area contributed by atoms with Gasteiger partial charge >= 0.3 is 6.03 Å². The third-order valence-corrected chi connectivity index (χ3v) is 3.39. The third-order valence-electron chi connectivity index (χ3n) is 2.72. The van der Waals surface area contributed by atoms with Gasteiger partial charge in [-0.2, -0.15) is 12.6 Å². The van der Waals surface area contributed by atoms with Crippen molar-refractivity contribution in [2.75, 3.05) is 18.8 Å². The summed E-state index contributed by atoms with van der Waals surface area (Å²) in [6.07, 6.45) is 2.15. The molecular formula is C8H12N2O2S. The van der Waals surface area contributed by atoms with E-state index in [4.69, 9.17) is 0 Å². The minimum absolute atomic E-state index is 0.113. The lowest BCUT2D eigenvalue weighted by atomic mass is 10.1. The summed E-state index contributed by atoms with van der Waals surface area (Å²) in [6, 6.07) is -0.252. The molecule has 0 atom stereocenters. The van der Waals surface area contributed by atoms with Crippen LogP contribution in [0, 0.1) is 5.41 Å². The summed E-state index contributed by atoms with van der Waals surface area (Å²) < 4.78 is 0. The van der Waals surface area contributed by atoms with Crippen LogP contribution in [0.3, 0.4) is 0 Å². The number of rotatable bonds is 3. The lowest BCUT2D eigenvalue weighted by molar-refractivity contribution is -0.125. The molecule has 0 bridgehead atoms. The molecule has 0 spiro atoms. The topological polar surface area (TPSA) is 49.4 Å². The molecule has 2 rings (SSSR count). The largest absolute Gasteiger partial charge is 0.329 e. The fourth-order valence-corrected chi connectivity index (χ4v) is 1.91. The van der Waals surface area contributed by atoms with Crippen molar-refractivity contribution >= 4 is 24.6 Å². The van der Waals surface area contributed by atoms with Crippen LogP contribution in [0.1, 0.15) is 12.8 Å². The summed E-state index contributed by atoms with van der Waals surface area (Å²) in [7, 11) is 0. The first kappa shape index (κ1) is 8.87. The Labute approximate surface area is 82.1 Å². The summed E-state index contributed by atoms with van der Waals surface area (Å²) in [5.41, 5.74) is 0.125. The van der Waals surface area contributed by atoms with Gasteiger partial charge in [0.2, 0.25) is 5.91 Å². The average molecular weight is 200 g/mol. The first-order chi connectivity index (χ1) is 6.17. The number of thiol groups is 1. The van der Waals surface area contributed by atoms with Gasteiger partial charge in [0.1, 0.15) is 0 Å². The fourth-order valence-electron chi connectivity index (χ4n) is 1.49. The van der Waals surface area contributed by atoms with E-state index in [0.717, 1.165) is 18.6 Å². The number of carbonyl (C=O) groups excluding carboxylic acids is 2. The number of amides is 3. The van der Waals surface area contributed by atoms with Crippen LogP contribution in [-0.2, 0) is 4.79 Å². The molecule has 4 nitrogen and oxygen atoms in total. The highest BCUT2D eigenvalue weighted by atomic mass is 32.1. The number of hydrogen-bond acceptors (Lipinski definition) is 3. The van der Waals surface area contributed by atoms with Crippen molar-refractivity contribution in [3.05, 3.63) is 0 Å². The molecule has 1 aliphatic carbocycles. The van der Waals surface area contributed by atoms with E-state index in [2.05, 4.69) is 17.9 Å². The molecule has 0 unspecified atom stereocenters. The van der Waals surface area contributed by atoms with E-state index in [1.54, 1.807) is 0 Å². The van der Waals surface area contributed by atoms with Crippen molar-refractivity contribution in [1.29, 1.82) is 0 Å². The Morgan fingerprint density at radius 3 is 2.54 bits per heavy atom. The predicted molar refractivity (Wildman–Crippen MR) is 50.6 cm³/mol. The molecule has 1 heterocycles. The smallest absolute Gasteiger partial charge is 0.324 e. The maximum Gasteiger partial charge on any atom is 0.324 e. The van der Waals surface area contributed by atoms with Gasteiger partial charge in [-0.25, -0.2) is 4.79 Å². The Kier molecular flexibility index (Phi) is 1.98. The Bertz CT molecular complexity index is 247. The van der Waals surface area contributed by atoms with E-state index in [-0.39, 0.29) is 23.9 Å². The molecule has 3 amide bonds. The van der Waals surface area contributed by atoms with E-state index < -0.39 is 0 Å². The molecule has 1 N–H and O–H groups in total. The Morgan fingerprint density at radius 2 is 2.15 bits per heavy atom. The quantitative estimate of drug-likeness (QED) is 0.507. The van der Waals surface area contributed by atoms with Gasteiger partial charge in [-0.05, 0) is 24.0 Å². The number of urea groups is 1. The summed E-state index contributed by atoms with van der Waals surface area (Å²) in [6.45, 7) is 0.697. The zero-order valence-corrected chi connectivity index (χ0v) is 8.14. The molecule has 72 valence electrons.